The van der Waals surface area contributed by atoms with Crippen LogP contribution in [0.4, 0.5) is 5.69 Å². The summed E-state index contributed by atoms with van der Waals surface area (Å²) in [6, 6.07) is 20.7. The van der Waals surface area contributed by atoms with Crippen LogP contribution in [-0.4, -0.2) is 23.5 Å². The summed E-state index contributed by atoms with van der Waals surface area (Å²) in [4.78, 5) is 12.7. The van der Waals surface area contributed by atoms with E-state index < -0.39 is 11.2 Å². The zero-order chi connectivity index (χ0) is 21.1. The zero-order valence-corrected chi connectivity index (χ0v) is 17.2. The number of methoxy groups -OCH3 is 1. The van der Waals surface area contributed by atoms with Gasteiger partial charge in [-0.2, -0.15) is 0 Å². The predicted molar refractivity (Wildman–Crippen MR) is 112 cm³/mol. The first kappa shape index (κ1) is 19.8. The van der Waals surface area contributed by atoms with Crippen LogP contribution in [0.5, 0.6) is 11.7 Å². The number of fused-ring (bicyclic) bond motifs is 1. The van der Waals surface area contributed by atoms with Gasteiger partial charge in [0.25, 0.3) is 5.03 Å². The molecule has 4 rings (SSSR count). The Bertz CT molecular complexity index is 1190. The number of hydrogen-bond donors (Lipinski definition) is 1. The summed E-state index contributed by atoms with van der Waals surface area (Å²) >= 11 is 1.09. The quantitative estimate of drug-likeness (QED) is 0.379. The Morgan fingerprint density at radius 3 is 2.60 bits per heavy atom. The van der Waals surface area contributed by atoms with E-state index in [0.29, 0.717) is 17.1 Å². The van der Waals surface area contributed by atoms with Crippen LogP contribution in [-0.2, 0) is 4.79 Å². The van der Waals surface area contributed by atoms with Crippen LogP contribution >= 0.6 is 11.8 Å². The molecule has 152 valence electrons. The number of carbonyl (C=O) groups excluding carboxylic acids is 1. The Morgan fingerprint density at radius 1 is 1.13 bits per heavy atom. The molecule has 1 N–H and O–H groups in total. The Hall–Kier alpha value is -3.52. The predicted octanol–water partition coefficient (Wildman–Crippen LogP) is 3.31. The molecule has 1 unspecified atom stereocenters. The first-order valence-electron chi connectivity index (χ1n) is 9.25. The van der Waals surface area contributed by atoms with Gasteiger partial charge in [-0.15, -0.1) is 0 Å². The average molecular weight is 421 g/mol. The van der Waals surface area contributed by atoms with Gasteiger partial charge in [0.15, 0.2) is 5.95 Å². The van der Waals surface area contributed by atoms with Gasteiger partial charge in [0.05, 0.1) is 17.6 Å². The third-order valence-corrected chi connectivity index (χ3v) is 5.69. The molecule has 4 aromatic rings. The van der Waals surface area contributed by atoms with Gasteiger partial charge in [0, 0.05) is 17.8 Å². The smallest absolute Gasteiger partial charge is 0.298 e. The number of ether oxygens (including phenoxy) is 1. The number of carbonyl (C=O) groups is 1. The standard InChI is InChI=1S/C22H19N3O4S/c1-14(20(26)23-17-8-7-15-5-3-4-6-16(15)13-17)30-21-22(27)29-24-25(21)18-9-11-19(28-2)12-10-18/h3-14H,1-2H3,(H-,23,24,26,27). The van der Waals surface area contributed by atoms with Crippen molar-refractivity contribution in [3.63, 3.8) is 0 Å². The topological polar surface area (TPSA) is 91.3 Å². The second-order valence-electron chi connectivity index (χ2n) is 6.59. The first-order chi connectivity index (χ1) is 14.5. The van der Waals surface area contributed by atoms with Crippen molar-refractivity contribution < 1.29 is 23.8 Å². The second kappa shape index (κ2) is 8.46. The summed E-state index contributed by atoms with van der Waals surface area (Å²) in [5.41, 5.74) is 1.33. The van der Waals surface area contributed by atoms with E-state index in [4.69, 9.17) is 9.26 Å². The van der Waals surface area contributed by atoms with Crippen molar-refractivity contribution in [3.8, 4) is 17.4 Å². The zero-order valence-electron chi connectivity index (χ0n) is 16.4. The van der Waals surface area contributed by atoms with Gasteiger partial charge < -0.3 is 19.7 Å². The Kier molecular flexibility index (Phi) is 5.58. The van der Waals surface area contributed by atoms with Gasteiger partial charge >= 0.3 is 0 Å². The highest BCUT2D eigenvalue weighted by Gasteiger charge is 2.26. The van der Waals surface area contributed by atoms with Crippen molar-refractivity contribution in [2.75, 3.05) is 12.4 Å². The van der Waals surface area contributed by atoms with Crippen molar-refractivity contribution in [2.24, 2.45) is 0 Å². The lowest BCUT2D eigenvalue weighted by atomic mass is 10.1. The minimum absolute atomic E-state index is 0.223. The molecule has 0 aliphatic heterocycles. The summed E-state index contributed by atoms with van der Waals surface area (Å²) in [6.45, 7) is 1.73. The molecule has 0 saturated heterocycles. The lowest BCUT2D eigenvalue weighted by Crippen LogP contribution is -2.36. The maximum Gasteiger partial charge on any atom is 0.298 e. The molecule has 7 nitrogen and oxygen atoms in total. The van der Waals surface area contributed by atoms with E-state index in [9.17, 15) is 9.90 Å². The normalized spacial score (nSPS) is 11.9. The summed E-state index contributed by atoms with van der Waals surface area (Å²) < 4.78 is 11.4. The maximum atomic E-state index is 12.7. The highest BCUT2D eigenvalue weighted by molar-refractivity contribution is 8.00. The fourth-order valence-electron chi connectivity index (χ4n) is 2.96. The van der Waals surface area contributed by atoms with Crippen molar-refractivity contribution in [2.45, 2.75) is 17.2 Å². The van der Waals surface area contributed by atoms with Crippen LogP contribution in [0.1, 0.15) is 6.92 Å². The number of nitrogens with one attached hydrogen (secondary N) is 1. The molecule has 0 saturated carbocycles. The number of anilines is 1. The van der Waals surface area contributed by atoms with Gasteiger partial charge in [-0.05, 0) is 58.4 Å². The molecule has 1 heterocycles. The number of hydrogen-bond acceptors (Lipinski definition) is 6. The molecule has 1 atom stereocenters. The van der Waals surface area contributed by atoms with Gasteiger partial charge in [-0.25, -0.2) is 0 Å². The molecular formula is C22H19N3O4S. The molecule has 0 aliphatic carbocycles. The monoisotopic (exact) mass is 421 g/mol. The summed E-state index contributed by atoms with van der Waals surface area (Å²) in [6.07, 6.45) is 0. The number of aromatic nitrogens is 2. The number of benzene rings is 3. The Labute approximate surface area is 177 Å². The van der Waals surface area contributed by atoms with Crippen LogP contribution in [0.15, 0.2) is 76.3 Å². The number of thioether (sulfide) groups is 1. The SMILES string of the molecule is COc1ccc(-[n+]2noc([O-])c2SC(C)C(=O)Nc2ccc3ccccc3c2)cc1. The van der Waals surface area contributed by atoms with Gasteiger partial charge in [-0.3, -0.25) is 4.79 Å². The van der Waals surface area contributed by atoms with E-state index in [1.165, 1.54) is 4.68 Å². The van der Waals surface area contributed by atoms with Crippen molar-refractivity contribution >= 4 is 34.1 Å². The van der Waals surface area contributed by atoms with E-state index >= 15 is 0 Å². The van der Waals surface area contributed by atoms with E-state index in [2.05, 4.69) is 10.6 Å². The highest BCUT2D eigenvalue weighted by atomic mass is 32.2. The molecule has 0 spiro atoms. The number of nitrogens with zero attached hydrogens (tertiary/aromatic N) is 2. The minimum atomic E-state index is -0.596. The Morgan fingerprint density at radius 2 is 1.87 bits per heavy atom. The van der Waals surface area contributed by atoms with Crippen molar-refractivity contribution in [1.29, 1.82) is 0 Å². The molecule has 0 fully saturated rings. The van der Waals surface area contributed by atoms with Crippen LogP contribution in [0.25, 0.3) is 16.5 Å². The third-order valence-electron chi connectivity index (χ3n) is 4.56. The second-order valence-corrected chi connectivity index (χ2v) is 7.92. The minimum Gasteiger partial charge on any atom is -0.538 e. The van der Waals surface area contributed by atoms with E-state index in [-0.39, 0.29) is 10.9 Å². The number of amides is 1. The molecule has 0 radical (unpaired) electrons. The molecule has 3 aromatic carbocycles. The first-order valence-corrected chi connectivity index (χ1v) is 10.1. The largest absolute Gasteiger partial charge is 0.538 e. The van der Waals surface area contributed by atoms with Crippen LogP contribution in [0, 0.1) is 0 Å². The molecule has 8 heteroatoms. The lowest BCUT2D eigenvalue weighted by Gasteiger charge is -2.11. The van der Waals surface area contributed by atoms with E-state index in [1.807, 2.05) is 42.5 Å². The van der Waals surface area contributed by atoms with Gasteiger partial charge in [0.2, 0.25) is 11.6 Å². The summed E-state index contributed by atoms with van der Waals surface area (Å²) in [7, 11) is 1.57. The lowest BCUT2D eigenvalue weighted by molar-refractivity contribution is -0.705. The molecule has 30 heavy (non-hydrogen) atoms. The maximum absolute atomic E-state index is 12.7. The fourth-order valence-corrected chi connectivity index (χ4v) is 3.83. The van der Waals surface area contributed by atoms with E-state index in [0.717, 1.165) is 22.5 Å². The van der Waals surface area contributed by atoms with Crippen LogP contribution < -0.4 is 19.8 Å². The Balaban J connectivity index is 1.50. The highest BCUT2D eigenvalue weighted by Crippen LogP contribution is 2.28. The van der Waals surface area contributed by atoms with Gasteiger partial charge in [0.1, 0.15) is 5.75 Å². The molecular weight excluding hydrogens is 402 g/mol. The fraction of sp³-hybridized carbons (Fsp3) is 0.136. The van der Waals surface area contributed by atoms with Gasteiger partial charge in [-0.1, -0.05) is 30.3 Å². The number of rotatable bonds is 6. The van der Waals surface area contributed by atoms with E-state index in [1.54, 1.807) is 38.3 Å². The molecule has 0 aliphatic rings. The summed E-state index contributed by atoms with van der Waals surface area (Å²) in [5.74, 6) is -0.138. The van der Waals surface area contributed by atoms with Crippen LogP contribution in [0.3, 0.4) is 0 Å². The molecule has 1 amide bonds. The molecule has 1 aromatic heterocycles. The average Bonchev–Trinajstić information content (AvgIpc) is 3.13. The molecule has 0 bridgehead atoms. The van der Waals surface area contributed by atoms with Crippen molar-refractivity contribution in [1.82, 2.24) is 5.27 Å². The third kappa shape index (κ3) is 4.08. The van der Waals surface area contributed by atoms with Crippen LogP contribution in [0.2, 0.25) is 0 Å². The summed E-state index contributed by atoms with van der Waals surface area (Å²) in [5, 5.41) is 20.7. The van der Waals surface area contributed by atoms with Crippen molar-refractivity contribution in [3.05, 3.63) is 66.7 Å².